The number of aliphatic hydroxyl groups is 1. The molecule has 0 radical (unpaired) electrons. The van der Waals surface area contributed by atoms with Crippen LogP contribution >= 0.6 is 0 Å². The first-order chi connectivity index (χ1) is 9.49. The van der Waals surface area contributed by atoms with Gasteiger partial charge in [0.05, 0.1) is 6.10 Å². The summed E-state index contributed by atoms with van der Waals surface area (Å²) in [5.74, 6) is 0.848. The van der Waals surface area contributed by atoms with Crippen molar-refractivity contribution in [2.75, 3.05) is 26.7 Å². The van der Waals surface area contributed by atoms with Gasteiger partial charge < -0.3 is 14.9 Å². The molecule has 1 aliphatic heterocycles. The standard InChI is InChI=1S/C16H28N2O2/c1-12(16(20)18-10-15(19)11-18)13(2)17(3)9-14-7-5-4-6-8-14/h14-15,19H,4-11H2,1-3H3. The van der Waals surface area contributed by atoms with Crippen molar-refractivity contribution in [2.24, 2.45) is 5.92 Å². The highest BCUT2D eigenvalue weighted by Gasteiger charge is 2.30. The number of rotatable bonds is 4. The van der Waals surface area contributed by atoms with Gasteiger partial charge in [0.1, 0.15) is 0 Å². The fourth-order valence-corrected chi connectivity index (χ4v) is 3.19. The van der Waals surface area contributed by atoms with Gasteiger partial charge in [-0.05, 0) is 32.6 Å². The molecule has 114 valence electrons. The molecule has 0 aromatic heterocycles. The highest BCUT2D eigenvalue weighted by atomic mass is 16.3. The van der Waals surface area contributed by atoms with Crippen molar-refractivity contribution < 1.29 is 9.90 Å². The molecule has 4 nitrogen and oxygen atoms in total. The van der Waals surface area contributed by atoms with E-state index in [4.69, 9.17) is 0 Å². The molecule has 0 atom stereocenters. The highest BCUT2D eigenvalue weighted by Crippen LogP contribution is 2.25. The molecule has 4 heteroatoms. The molecule has 2 rings (SSSR count). The third-order valence-electron chi connectivity index (χ3n) is 4.84. The van der Waals surface area contributed by atoms with E-state index in [9.17, 15) is 9.90 Å². The quantitative estimate of drug-likeness (QED) is 0.801. The number of carbonyl (C=O) groups excluding carboxylic acids is 1. The van der Waals surface area contributed by atoms with Crippen molar-refractivity contribution in [1.29, 1.82) is 0 Å². The third kappa shape index (κ3) is 3.54. The van der Waals surface area contributed by atoms with Crippen LogP contribution in [-0.4, -0.2) is 53.6 Å². The van der Waals surface area contributed by atoms with E-state index in [1.165, 1.54) is 32.1 Å². The van der Waals surface area contributed by atoms with Gasteiger partial charge >= 0.3 is 0 Å². The van der Waals surface area contributed by atoms with Crippen LogP contribution < -0.4 is 0 Å². The number of hydrogen-bond donors (Lipinski definition) is 1. The van der Waals surface area contributed by atoms with E-state index in [1.54, 1.807) is 4.90 Å². The fourth-order valence-electron chi connectivity index (χ4n) is 3.19. The van der Waals surface area contributed by atoms with Gasteiger partial charge in [-0.15, -0.1) is 0 Å². The van der Waals surface area contributed by atoms with E-state index in [1.807, 2.05) is 13.8 Å². The minimum Gasteiger partial charge on any atom is -0.389 e. The van der Waals surface area contributed by atoms with Crippen LogP contribution in [0.15, 0.2) is 11.3 Å². The van der Waals surface area contributed by atoms with E-state index < -0.39 is 0 Å². The average Bonchev–Trinajstić information content (AvgIpc) is 2.42. The lowest BCUT2D eigenvalue weighted by atomic mass is 9.89. The first-order valence-corrected chi connectivity index (χ1v) is 7.85. The van der Waals surface area contributed by atoms with E-state index in [0.717, 1.165) is 23.7 Å². The summed E-state index contributed by atoms with van der Waals surface area (Å²) in [4.78, 5) is 16.2. The molecule has 0 spiro atoms. The second-order valence-electron chi connectivity index (χ2n) is 6.46. The zero-order chi connectivity index (χ0) is 14.7. The van der Waals surface area contributed by atoms with Gasteiger partial charge in [-0.1, -0.05) is 19.3 Å². The maximum Gasteiger partial charge on any atom is 0.251 e. The summed E-state index contributed by atoms with van der Waals surface area (Å²) in [6.45, 7) is 5.96. The van der Waals surface area contributed by atoms with Crippen LogP contribution in [0.4, 0.5) is 0 Å². The van der Waals surface area contributed by atoms with Crippen LogP contribution in [0.2, 0.25) is 0 Å². The number of allylic oxidation sites excluding steroid dienone is 1. The van der Waals surface area contributed by atoms with Gasteiger partial charge in [-0.2, -0.15) is 0 Å². The number of likely N-dealkylation sites (tertiary alicyclic amines) is 1. The molecule has 2 fully saturated rings. The predicted molar refractivity (Wildman–Crippen MR) is 80.2 cm³/mol. The normalized spacial score (nSPS) is 22.3. The van der Waals surface area contributed by atoms with E-state index in [0.29, 0.717) is 13.1 Å². The number of nitrogens with zero attached hydrogens (tertiary/aromatic N) is 2. The first-order valence-electron chi connectivity index (χ1n) is 7.85. The highest BCUT2D eigenvalue weighted by molar-refractivity contribution is 5.94. The van der Waals surface area contributed by atoms with Crippen LogP contribution in [-0.2, 0) is 4.79 Å². The van der Waals surface area contributed by atoms with Crippen LogP contribution in [0.25, 0.3) is 0 Å². The zero-order valence-electron chi connectivity index (χ0n) is 13.1. The second kappa shape index (κ2) is 6.61. The fraction of sp³-hybridized carbons (Fsp3) is 0.812. The largest absolute Gasteiger partial charge is 0.389 e. The molecule has 1 heterocycles. The Morgan fingerprint density at radius 3 is 2.35 bits per heavy atom. The lowest BCUT2D eigenvalue weighted by molar-refractivity contribution is -0.137. The first kappa shape index (κ1) is 15.4. The zero-order valence-corrected chi connectivity index (χ0v) is 13.1. The molecular formula is C16H28N2O2. The van der Waals surface area contributed by atoms with Crippen LogP contribution in [0.5, 0.6) is 0 Å². The van der Waals surface area contributed by atoms with Gasteiger partial charge in [0, 0.05) is 38.0 Å². The molecule has 1 saturated carbocycles. The molecule has 1 aliphatic carbocycles. The molecule has 0 aromatic carbocycles. The summed E-state index contributed by atoms with van der Waals surface area (Å²) in [7, 11) is 2.09. The summed E-state index contributed by atoms with van der Waals surface area (Å²) in [6.07, 6.45) is 6.40. The van der Waals surface area contributed by atoms with Crippen molar-refractivity contribution >= 4 is 5.91 Å². The number of carbonyl (C=O) groups is 1. The Labute approximate surface area is 122 Å². The van der Waals surface area contributed by atoms with Crippen molar-refractivity contribution in [3.8, 4) is 0 Å². The molecule has 1 N–H and O–H groups in total. The van der Waals surface area contributed by atoms with Gasteiger partial charge in [0.25, 0.3) is 5.91 Å². The summed E-state index contributed by atoms with van der Waals surface area (Å²) in [5.41, 5.74) is 1.89. The minimum absolute atomic E-state index is 0.0725. The summed E-state index contributed by atoms with van der Waals surface area (Å²) < 4.78 is 0. The smallest absolute Gasteiger partial charge is 0.251 e. The Morgan fingerprint density at radius 2 is 1.80 bits per heavy atom. The van der Waals surface area contributed by atoms with E-state index >= 15 is 0 Å². The Hall–Kier alpha value is -1.03. The Bertz CT molecular complexity index is 380. The predicted octanol–water partition coefficient (Wildman–Crippen LogP) is 2.00. The van der Waals surface area contributed by atoms with Crippen molar-refractivity contribution in [2.45, 2.75) is 52.1 Å². The molecule has 2 aliphatic rings. The maximum absolute atomic E-state index is 12.2. The van der Waals surface area contributed by atoms with Crippen molar-refractivity contribution in [3.05, 3.63) is 11.3 Å². The SMILES string of the molecule is CC(C(=O)N1CC(O)C1)=C(C)N(C)CC1CCCCC1. The van der Waals surface area contributed by atoms with Crippen molar-refractivity contribution in [1.82, 2.24) is 9.80 Å². The topological polar surface area (TPSA) is 43.8 Å². The molecule has 1 amide bonds. The lowest BCUT2D eigenvalue weighted by Gasteiger charge is -2.37. The summed E-state index contributed by atoms with van der Waals surface area (Å²) in [5, 5.41) is 9.29. The van der Waals surface area contributed by atoms with Crippen LogP contribution in [0.3, 0.4) is 0 Å². The molecule has 0 aromatic rings. The average molecular weight is 280 g/mol. The van der Waals surface area contributed by atoms with E-state index in [2.05, 4.69) is 11.9 Å². The lowest BCUT2D eigenvalue weighted by Crippen LogP contribution is -2.54. The molecule has 0 bridgehead atoms. The number of β-amino-alcohol motifs (C(OH)–C–C–N with tert-alkyl or cyclic N) is 1. The Morgan fingerprint density at radius 1 is 1.20 bits per heavy atom. The van der Waals surface area contributed by atoms with Crippen LogP contribution in [0, 0.1) is 5.92 Å². The van der Waals surface area contributed by atoms with Gasteiger partial charge in [0.15, 0.2) is 0 Å². The van der Waals surface area contributed by atoms with Gasteiger partial charge in [0.2, 0.25) is 0 Å². The van der Waals surface area contributed by atoms with Gasteiger partial charge in [-0.3, -0.25) is 4.79 Å². The number of hydrogen-bond acceptors (Lipinski definition) is 3. The van der Waals surface area contributed by atoms with E-state index in [-0.39, 0.29) is 12.0 Å². The van der Waals surface area contributed by atoms with Gasteiger partial charge in [-0.25, -0.2) is 0 Å². The minimum atomic E-state index is -0.327. The number of amides is 1. The maximum atomic E-state index is 12.2. The molecule has 20 heavy (non-hydrogen) atoms. The molecule has 1 saturated heterocycles. The monoisotopic (exact) mass is 280 g/mol. The molecule has 0 unspecified atom stereocenters. The second-order valence-corrected chi connectivity index (χ2v) is 6.46. The van der Waals surface area contributed by atoms with Crippen LogP contribution in [0.1, 0.15) is 46.0 Å². The van der Waals surface area contributed by atoms with Crippen molar-refractivity contribution in [3.63, 3.8) is 0 Å². The summed E-state index contributed by atoms with van der Waals surface area (Å²) in [6, 6.07) is 0. The third-order valence-corrected chi connectivity index (χ3v) is 4.84. The Balaban J connectivity index is 1.91. The summed E-state index contributed by atoms with van der Waals surface area (Å²) >= 11 is 0. The Kier molecular flexibility index (Phi) is 5.08. The number of aliphatic hydroxyl groups excluding tert-OH is 1. The molecular weight excluding hydrogens is 252 g/mol.